The van der Waals surface area contributed by atoms with E-state index in [0.717, 1.165) is 20.1 Å². The number of nitrogens with one attached hydrogen (secondary N) is 10. The van der Waals surface area contributed by atoms with Gasteiger partial charge >= 0.3 is 37.7 Å². The number of hydrogen-bond acceptors (Lipinski definition) is 22. The molecule has 0 aliphatic rings. The van der Waals surface area contributed by atoms with Crippen molar-refractivity contribution in [3.8, 4) is 0 Å². The first kappa shape index (κ1) is 88.9. The van der Waals surface area contributed by atoms with Crippen molar-refractivity contribution in [2.24, 2.45) is 23.1 Å². The topological polar surface area (TPSA) is 677 Å². The predicted octanol–water partition coefficient (Wildman–Crippen LogP) is -6.35. The van der Waals surface area contributed by atoms with Gasteiger partial charge in [0.2, 0.25) is 65.0 Å². The summed E-state index contributed by atoms with van der Waals surface area (Å²) in [5, 5.41) is 80.9. The Bertz CT molecular complexity index is 3110. The van der Waals surface area contributed by atoms with Crippen LogP contribution >= 0.6 is 7.82 Å². The molecular weight excluding hydrogens is 1370 g/mol. The van der Waals surface area contributed by atoms with Crippen LogP contribution in [0.4, 0.5) is 0 Å². The molecule has 1 unspecified atom stereocenters. The van der Waals surface area contributed by atoms with Crippen molar-refractivity contribution in [2.45, 2.75) is 203 Å². The lowest BCUT2D eigenvalue weighted by atomic mass is 9.96. The van der Waals surface area contributed by atoms with Crippen LogP contribution in [0.5, 0.6) is 0 Å². The standard InChI is InChI=1S/C58H92N13O27PS/c1-6-28(2)45(69-56(90)46(29(3)72)70-48(82)32(60)26-31-12-8-7-9-13-31)55(89)66-33(15-19-40(61)73)49(83)63-36(18-22-43(78)79)52(86)68-39(27-44(80)81)54(88)64-35(17-21-42(76)77)50(84)62-34(16-20-41(74)75)51(85)65-37(23-25-100(5)97)53(87)71-47(30(4)98-99(94,95)96)57(91)67-38(58(92)93)14-10-11-24-59/h7-9,12-13,28-30,32-39,45-47,72H,6,10-11,14-27,59-60H2,1-5H3,(H2,61,73)(H,62,84)(H,63,83)(H,64,88)(H,65,85)(H,66,89)(H,67,91)(H,68,86)(H,69,90)(H,70,82)(H,71,87)(H,74,75)(H,76,77)(H,78,79)(H,80,81)(H,92,93)(H2,94,95,96)/t28-,29+,30+,32-,33-,34-,35-,36-,37-,38-,39-,45-,46-,47-,100?/m0/s1. The molecule has 1 rings (SSSR count). The molecular formula is C58H92N13O27PS. The maximum atomic E-state index is 14.2. The van der Waals surface area contributed by atoms with Gasteiger partial charge in [-0.15, -0.1) is 0 Å². The van der Waals surface area contributed by atoms with Crippen molar-refractivity contribution in [3.63, 3.8) is 0 Å². The van der Waals surface area contributed by atoms with Gasteiger partial charge in [-0.05, 0) is 89.7 Å². The molecule has 0 aliphatic carbocycles. The summed E-state index contributed by atoms with van der Waals surface area (Å²) in [5.74, 6) is -23.8. The molecule has 0 saturated carbocycles. The molecule has 0 spiro atoms. The van der Waals surface area contributed by atoms with E-state index >= 15 is 0 Å². The first-order chi connectivity index (χ1) is 46.6. The van der Waals surface area contributed by atoms with Gasteiger partial charge in [-0.2, -0.15) is 0 Å². The van der Waals surface area contributed by atoms with Crippen LogP contribution in [0, 0.1) is 5.92 Å². The molecule has 1 aromatic rings. The number of unbranched alkanes of at least 4 members (excludes halogenated alkanes) is 1. The number of carbonyl (C=O) groups is 16. The van der Waals surface area contributed by atoms with Crippen LogP contribution in [0.1, 0.15) is 123 Å². The zero-order valence-electron chi connectivity index (χ0n) is 55.4. The highest BCUT2D eigenvalue weighted by Crippen LogP contribution is 2.38. The molecule has 0 aromatic heterocycles. The number of phosphoric acid groups is 1. The summed E-state index contributed by atoms with van der Waals surface area (Å²) in [5.41, 5.74) is 17.6. The van der Waals surface area contributed by atoms with Gasteiger partial charge in [0.1, 0.15) is 60.4 Å². The maximum absolute atomic E-state index is 14.2. The summed E-state index contributed by atoms with van der Waals surface area (Å²) in [7, 11) is -7.25. The zero-order valence-corrected chi connectivity index (χ0v) is 57.1. The number of aliphatic hydroxyl groups excluding tert-OH is 1. The van der Waals surface area contributed by atoms with E-state index in [2.05, 4.69) is 47.1 Å². The minimum Gasteiger partial charge on any atom is -0.481 e. The monoisotopic (exact) mass is 1470 g/mol. The second kappa shape index (κ2) is 44.8. The summed E-state index contributed by atoms with van der Waals surface area (Å²) in [6, 6.07) is -12.3. The highest BCUT2D eigenvalue weighted by atomic mass is 32.2. The molecule has 0 aliphatic heterocycles. The molecule has 0 saturated heterocycles. The molecule has 0 heterocycles. The Morgan fingerprint density at radius 1 is 0.500 bits per heavy atom. The van der Waals surface area contributed by atoms with Crippen LogP contribution in [-0.2, 0) is 103 Å². The molecule has 11 amide bonds. The normalized spacial score (nSPS) is 15.8. The van der Waals surface area contributed by atoms with Crippen LogP contribution in [0.3, 0.4) is 0 Å². The lowest BCUT2D eigenvalue weighted by Gasteiger charge is -2.30. The number of carboxylic acids is 5. The summed E-state index contributed by atoms with van der Waals surface area (Å²) < 4.78 is 28.8. The Labute approximate surface area is 575 Å². The zero-order chi connectivity index (χ0) is 76.3. The second-order valence-electron chi connectivity index (χ2n) is 23.2. The molecule has 0 radical (unpaired) electrons. The van der Waals surface area contributed by atoms with Crippen LogP contribution < -0.4 is 70.4 Å². The number of benzene rings is 1. The van der Waals surface area contributed by atoms with Gasteiger partial charge in [-0.1, -0.05) is 50.6 Å². The molecule has 0 bridgehead atoms. The molecule has 0 fully saturated rings. The lowest BCUT2D eigenvalue weighted by molar-refractivity contribution is -0.143. The van der Waals surface area contributed by atoms with E-state index in [4.69, 9.17) is 17.2 Å². The Kier molecular flexibility index (Phi) is 39.8. The van der Waals surface area contributed by atoms with E-state index in [1.165, 1.54) is 6.92 Å². The SMILES string of the molecule is CC[C@H](C)[C@H](NC(=O)[C@@H](NC(=O)[C@@H](N)Cc1ccccc1)[C@@H](C)O)C(=O)N[C@@H](CCC(N)=O)C(=O)N[C@@H](CCC(=O)O)C(=O)N[C@@H](CC(=O)O)C(=O)N[C@@H](CCC(=O)O)C(=O)N[C@@H](CCC(=O)O)C(=O)N[C@@H](CCS(C)=O)C(=O)N[C@H](C(=O)N[C@@H](CCCCN)C(=O)O)[C@@H](C)OP(=O)(O)O. The number of hydrogen-bond donors (Lipinski definition) is 21. The van der Waals surface area contributed by atoms with Crippen LogP contribution in [0.15, 0.2) is 30.3 Å². The maximum Gasteiger partial charge on any atom is 0.469 e. The summed E-state index contributed by atoms with van der Waals surface area (Å²) in [6.45, 7) is 5.28. The largest absolute Gasteiger partial charge is 0.481 e. The summed E-state index contributed by atoms with van der Waals surface area (Å²) >= 11 is 0. The van der Waals surface area contributed by atoms with Crippen molar-refractivity contribution in [1.29, 1.82) is 0 Å². The van der Waals surface area contributed by atoms with Crippen molar-refractivity contribution >= 4 is 113 Å². The van der Waals surface area contributed by atoms with Crippen LogP contribution in [-0.4, -0.2) is 237 Å². The summed E-state index contributed by atoms with van der Waals surface area (Å²) in [6.07, 6.45) is -10.8. The third-order valence-corrected chi connectivity index (χ3v) is 16.3. The molecule has 1 aromatic carbocycles. The van der Waals surface area contributed by atoms with Gasteiger partial charge in [0, 0.05) is 48.5 Å². The number of aliphatic carboxylic acids is 5. The van der Waals surface area contributed by atoms with Crippen molar-refractivity contribution in [2.75, 3.05) is 18.6 Å². The summed E-state index contributed by atoms with van der Waals surface area (Å²) in [4.78, 5) is 231. The fraction of sp³-hybridized carbons (Fsp3) is 0.621. The fourth-order valence-electron chi connectivity index (χ4n) is 9.24. The average molecular weight is 1470 g/mol. The van der Waals surface area contributed by atoms with Crippen molar-refractivity contribution in [3.05, 3.63) is 35.9 Å². The van der Waals surface area contributed by atoms with Crippen molar-refractivity contribution < 1.29 is 130 Å². The van der Waals surface area contributed by atoms with E-state index < -0.39 is 268 Å². The highest BCUT2D eigenvalue weighted by Gasteiger charge is 2.40. The number of rotatable bonds is 50. The molecule has 42 heteroatoms. The van der Waals surface area contributed by atoms with E-state index in [-0.39, 0.29) is 32.2 Å². The molecule has 40 nitrogen and oxygen atoms in total. The molecule has 100 heavy (non-hydrogen) atoms. The third kappa shape index (κ3) is 35.1. The number of carboxylic acid groups (broad SMARTS) is 5. The second-order valence-corrected chi connectivity index (χ2v) is 25.9. The lowest BCUT2D eigenvalue weighted by Crippen LogP contribution is -2.62. The molecule has 24 N–H and O–H groups in total. The minimum atomic E-state index is -5.48. The highest BCUT2D eigenvalue weighted by molar-refractivity contribution is 7.84. The Morgan fingerprint density at radius 2 is 0.880 bits per heavy atom. The number of nitrogens with two attached hydrogens (primary N) is 3. The van der Waals surface area contributed by atoms with Gasteiger partial charge in [0.05, 0.1) is 24.7 Å². The van der Waals surface area contributed by atoms with Gasteiger partial charge in [-0.3, -0.25) is 80.7 Å². The smallest absolute Gasteiger partial charge is 0.469 e. The van der Waals surface area contributed by atoms with Gasteiger partial charge < -0.3 is 111 Å². The number of phosphoric ester groups is 1. The van der Waals surface area contributed by atoms with E-state index in [1.807, 2.05) is 10.6 Å². The molecule has 15 atom stereocenters. The minimum absolute atomic E-state index is 0.0272. The number of amides is 11. The average Bonchev–Trinajstić information content (AvgIpc) is 0.852. The van der Waals surface area contributed by atoms with E-state index in [1.54, 1.807) is 37.3 Å². The number of aliphatic hydroxyl groups is 1. The third-order valence-electron chi connectivity index (χ3n) is 14.9. The Balaban J connectivity index is 3.75. The Hall–Kier alpha value is -9.12. The Morgan fingerprint density at radius 3 is 1.28 bits per heavy atom. The fourth-order valence-corrected chi connectivity index (χ4v) is 10.4. The number of primary amides is 1. The van der Waals surface area contributed by atoms with Crippen molar-refractivity contribution in [1.82, 2.24) is 53.2 Å². The van der Waals surface area contributed by atoms with Gasteiger partial charge in [0.15, 0.2) is 0 Å². The van der Waals surface area contributed by atoms with E-state index in [9.17, 15) is 126 Å². The number of carbonyl (C=O) groups excluding carboxylic acids is 11. The predicted molar refractivity (Wildman–Crippen MR) is 347 cm³/mol. The van der Waals surface area contributed by atoms with E-state index in [0.29, 0.717) is 12.0 Å². The van der Waals surface area contributed by atoms with Crippen LogP contribution in [0.2, 0.25) is 0 Å². The first-order valence-corrected chi connectivity index (χ1v) is 34.5. The van der Waals surface area contributed by atoms with Crippen LogP contribution in [0.25, 0.3) is 0 Å². The molecule has 562 valence electrons. The first-order valence-electron chi connectivity index (χ1n) is 31.2. The quantitative estimate of drug-likeness (QED) is 0.0213. The van der Waals surface area contributed by atoms with Gasteiger partial charge in [-0.25, -0.2) is 9.36 Å². The van der Waals surface area contributed by atoms with Gasteiger partial charge in [0.25, 0.3) is 0 Å².